The molecule has 0 bridgehead atoms. The highest BCUT2D eigenvalue weighted by Crippen LogP contribution is 2.39. The summed E-state index contributed by atoms with van der Waals surface area (Å²) in [5.74, 6) is -4.13. The first-order valence-corrected chi connectivity index (χ1v) is 38.5. The van der Waals surface area contributed by atoms with Gasteiger partial charge in [0.2, 0.25) is 29.5 Å². The summed E-state index contributed by atoms with van der Waals surface area (Å²) in [6.07, 6.45) is -26.0. The Balaban J connectivity index is 1.16. The predicted molar refractivity (Wildman–Crippen MR) is 390 cm³/mol. The maximum Gasteiger partial charge on any atom is 0.335 e. The second-order valence-electron chi connectivity index (χ2n) is 28.7. The van der Waals surface area contributed by atoms with E-state index in [9.17, 15) is 74.7 Å². The van der Waals surface area contributed by atoms with Crippen molar-refractivity contribution in [3.8, 4) is 0 Å². The van der Waals surface area contributed by atoms with Crippen molar-refractivity contribution < 1.29 is 127 Å². The van der Waals surface area contributed by atoms with Gasteiger partial charge in [0.1, 0.15) is 97.5 Å². The molecule has 5 aliphatic rings. The minimum atomic E-state index is -2.28. The average Bonchev–Trinajstić information content (AvgIpc) is 0.759. The first-order chi connectivity index (χ1) is 51.6. The third-order valence-corrected chi connectivity index (χ3v) is 20.0. The molecule has 5 heterocycles. The van der Waals surface area contributed by atoms with Crippen LogP contribution in [0.4, 0.5) is 0 Å². The predicted octanol–water partition coefficient (Wildman–Crippen LogP) is 3.11. The molecule has 5 saturated heterocycles. The topological polar surface area (TPSA) is 446 Å². The molecule has 0 radical (unpaired) electrons. The lowest BCUT2D eigenvalue weighted by molar-refractivity contribution is -0.388. The number of hydrogen-bond donors (Lipinski definition) is 14. The van der Waals surface area contributed by atoms with Gasteiger partial charge in [-0.15, -0.1) is 0 Å². The van der Waals surface area contributed by atoms with Crippen LogP contribution in [0.5, 0.6) is 0 Å². The van der Waals surface area contributed by atoms with E-state index in [4.69, 9.17) is 52.1 Å². The number of aliphatic hydroxyl groups is 8. The van der Waals surface area contributed by atoms with Crippen molar-refractivity contribution in [2.45, 2.75) is 337 Å². The molecule has 108 heavy (non-hydrogen) atoms. The third kappa shape index (κ3) is 27.0. The van der Waals surface area contributed by atoms with Gasteiger partial charge in [-0.05, 0) is 84.6 Å². The average molecular weight is 1530 g/mol. The number of carboxylic acid groups (broad SMARTS) is 1. The van der Waals surface area contributed by atoms with E-state index in [-0.39, 0.29) is 37.9 Å². The molecule has 1 aromatic rings. The number of hydrogen-bond acceptors (Lipinski definition) is 25. The Hall–Kier alpha value is -5.76. The number of carbonyl (C=O) groups is 6. The number of ether oxygens (including phenoxy) is 11. The summed E-state index contributed by atoms with van der Waals surface area (Å²) in [5, 5.41) is 115. The van der Waals surface area contributed by atoms with Gasteiger partial charge in [-0.2, -0.15) is 0 Å². The van der Waals surface area contributed by atoms with E-state index in [0.29, 0.717) is 51.5 Å². The minimum Gasteiger partial charge on any atom is -0.479 e. The number of rotatable bonds is 39. The van der Waals surface area contributed by atoms with Gasteiger partial charge in [0.15, 0.2) is 37.6 Å². The Labute approximate surface area is 634 Å². The summed E-state index contributed by atoms with van der Waals surface area (Å²) in [5.41, 5.74) is 1.49. The molecule has 26 atom stereocenters. The highest BCUT2D eigenvalue weighted by atomic mass is 16.8. The van der Waals surface area contributed by atoms with Crippen LogP contribution in [0, 0.1) is 6.92 Å². The van der Waals surface area contributed by atoms with Gasteiger partial charge in [0, 0.05) is 53.4 Å². The Kier molecular flexibility index (Phi) is 39.1. The second kappa shape index (κ2) is 46.3. The minimum absolute atomic E-state index is 0.0434. The van der Waals surface area contributed by atoms with Gasteiger partial charge in [0.05, 0.1) is 30.5 Å². The van der Waals surface area contributed by atoms with Gasteiger partial charge in [-0.1, -0.05) is 144 Å². The van der Waals surface area contributed by atoms with Crippen molar-refractivity contribution in [1.29, 1.82) is 0 Å². The molecule has 31 heteroatoms. The van der Waals surface area contributed by atoms with Crippen LogP contribution < -0.4 is 26.6 Å². The van der Waals surface area contributed by atoms with Crippen LogP contribution >= 0.6 is 0 Å². The molecule has 6 rings (SSSR count). The molecule has 0 aliphatic carbocycles. The molecule has 0 aromatic heterocycles. The van der Waals surface area contributed by atoms with Gasteiger partial charge < -0.3 is 125 Å². The highest BCUT2D eigenvalue weighted by molar-refractivity contribution is 5.78. The van der Waals surface area contributed by atoms with Crippen LogP contribution in [0.2, 0.25) is 0 Å². The number of unbranched alkanes of at least 4 members (excludes halogenated alkanes) is 9. The molecule has 31 nitrogen and oxygen atoms in total. The monoisotopic (exact) mass is 1530 g/mol. The lowest BCUT2D eigenvalue weighted by Gasteiger charge is -2.52. The van der Waals surface area contributed by atoms with Gasteiger partial charge in [-0.25, -0.2) is 4.79 Å². The fourth-order valence-electron chi connectivity index (χ4n) is 14.0. The molecule has 0 spiro atoms. The zero-order valence-corrected chi connectivity index (χ0v) is 64.2. The lowest BCUT2D eigenvalue weighted by atomic mass is 9.82. The smallest absolute Gasteiger partial charge is 0.335 e. The molecule has 5 amide bonds. The lowest BCUT2D eigenvalue weighted by Crippen LogP contribution is -2.71. The fraction of sp³-hybridized carbons (Fsp3) is 0.740. The number of carbonyl (C=O) groups excluding carboxylic acids is 5. The first-order valence-electron chi connectivity index (χ1n) is 38.5. The number of carboxylic acids is 1. The van der Waals surface area contributed by atoms with Crippen LogP contribution in [-0.4, -0.2) is 261 Å². The first kappa shape index (κ1) is 91.1. The molecule has 14 N–H and O–H groups in total. The fourth-order valence-corrected chi connectivity index (χ4v) is 14.0. The second-order valence-corrected chi connectivity index (χ2v) is 28.7. The van der Waals surface area contributed by atoms with Crippen LogP contribution in [-0.2, 0) is 86.4 Å². The molecular weight excluding hydrogens is 1410 g/mol. The van der Waals surface area contributed by atoms with Gasteiger partial charge >= 0.3 is 5.97 Å². The molecule has 16 unspecified atom stereocenters. The summed E-state index contributed by atoms with van der Waals surface area (Å²) < 4.78 is 69.0. The van der Waals surface area contributed by atoms with Crippen LogP contribution in [0.3, 0.4) is 0 Å². The summed E-state index contributed by atoms with van der Waals surface area (Å²) in [4.78, 5) is 79.2. The molecule has 5 aliphatic heterocycles. The number of aliphatic hydroxyl groups excluding tert-OH is 8. The van der Waals surface area contributed by atoms with Crippen molar-refractivity contribution in [3.05, 3.63) is 83.9 Å². The van der Waals surface area contributed by atoms with E-state index >= 15 is 0 Å². The van der Waals surface area contributed by atoms with E-state index in [1.807, 2.05) is 67.6 Å². The maximum absolute atomic E-state index is 13.7. The standard InChI is InChI=1S/C77H123N5O26/c1-11-14-16-21-31-41-98-65-46(6)101-73(55(60(65)91)79-48(8)84)108-70-63(94)62(93)69(71(96)97)107-76(70)106-68-57(81-50(10)86)74(102-47(7)66(68)104-75-64(95)61(92)59(90)52(43-83)103-75)105-67-56(80-49(9)85)72(100-45(5)58(67)89)99-42-32-22-30-40-78-53(87)37-27-28-38-54(88)82-77(13-3,39-29-15-12-2)51-35-24-20-18-17-19-23-33-44(4)34-25-26-36-51/h17-20,23-26,33-36,45-47,52,55-70,72-76,83,89-95H,11-16,21-22,27-32,37-43H2,1-10H3,(H,78,87)(H,79,84)(H,80,85)(H,81,86)(H,82,88)(H,96,97)/t45?,46?,47?,52?,55?,56?,57?,58-,59-,60?,61?,62+,63?,64?,65-,66-,67?,68?,69?,70?,72-,73+,74+,75+,76-,77?/m1/s1. The quantitative estimate of drug-likeness (QED) is 0.0421. The normalized spacial score (nSPS) is 33.2. The summed E-state index contributed by atoms with van der Waals surface area (Å²) >= 11 is 0. The van der Waals surface area contributed by atoms with Crippen LogP contribution in [0.1, 0.15) is 183 Å². The molecule has 0 saturated carbocycles. The van der Waals surface area contributed by atoms with E-state index in [1.165, 1.54) is 20.8 Å². The Morgan fingerprint density at radius 3 is 1.58 bits per heavy atom. The SMILES string of the molecule is CCCCCCCO[C@@H]1C(C)O[C@@H](OC2C(O)[C@H](O)C(C(=O)O)O[C@H]2OC2C(NC(C)=O)[C@H](OC3C(NC(C)=O)[C@H](OCCCCCNC(=O)CCCCC(=O)NC(CC)(CCCCC)c4ccccccccc(C)cccc4)OC(C)[C@H]3O)OC(C)[C@H]2O[C@@H]2OC(CO)[C@@H](O)C(O)C2O)C(NC(C)=O)C1O. The summed E-state index contributed by atoms with van der Waals surface area (Å²) in [6, 6.07) is 19.5. The zero-order chi connectivity index (χ0) is 79.2. The van der Waals surface area contributed by atoms with E-state index in [2.05, 4.69) is 59.5 Å². The van der Waals surface area contributed by atoms with Gasteiger partial charge in [0.25, 0.3) is 0 Å². The Bertz CT molecular complexity index is 3050. The largest absolute Gasteiger partial charge is 0.479 e. The van der Waals surface area contributed by atoms with Crippen molar-refractivity contribution in [2.75, 3.05) is 26.4 Å². The molecular formula is C77H123N5O26. The van der Waals surface area contributed by atoms with Crippen molar-refractivity contribution in [2.24, 2.45) is 0 Å². The number of aliphatic carboxylic acids is 1. The summed E-state index contributed by atoms with van der Waals surface area (Å²) in [7, 11) is 0. The van der Waals surface area contributed by atoms with Crippen molar-refractivity contribution in [3.63, 3.8) is 0 Å². The van der Waals surface area contributed by atoms with Crippen LogP contribution in [0.25, 0.3) is 0 Å². The number of amides is 5. The highest BCUT2D eigenvalue weighted by Gasteiger charge is 2.59. The van der Waals surface area contributed by atoms with E-state index in [1.54, 1.807) is 6.92 Å². The number of nitrogens with one attached hydrogen (secondary N) is 5. The molecule has 612 valence electrons. The number of aryl methyl sites for hydroxylation is 1. The van der Waals surface area contributed by atoms with Gasteiger partial charge in [-0.3, -0.25) is 24.0 Å². The molecule has 5 fully saturated rings. The van der Waals surface area contributed by atoms with Crippen molar-refractivity contribution in [1.82, 2.24) is 26.6 Å². The van der Waals surface area contributed by atoms with E-state index < -0.39 is 189 Å². The van der Waals surface area contributed by atoms with Crippen molar-refractivity contribution >= 4 is 35.5 Å². The zero-order valence-electron chi connectivity index (χ0n) is 64.2. The van der Waals surface area contributed by atoms with E-state index in [0.717, 1.165) is 76.3 Å². The maximum atomic E-state index is 13.7. The molecule has 1 aromatic carbocycles. The Morgan fingerprint density at radius 1 is 0.454 bits per heavy atom. The van der Waals surface area contributed by atoms with Crippen LogP contribution in [0.15, 0.2) is 72.8 Å². The Morgan fingerprint density at radius 2 is 0.963 bits per heavy atom. The third-order valence-electron chi connectivity index (χ3n) is 20.0. The summed E-state index contributed by atoms with van der Waals surface area (Å²) in [6.45, 7) is 16.0.